The Bertz CT molecular complexity index is 2560. The third-order valence-corrected chi connectivity index (χ3v) is 11.6. The van der Waals surface area contributed by atoms with Gasteiger partial charge in [0.2, 0.25) is 0 Å². The van der Waals surface area contributed by atoms with Crippen LogP contribution in [0.15, 0.2) is 175 Å². The maximum atomic E-state index is 9.41. The van der Waals surface area contributed by atoms with E-state index in [1.165, 1.54) is 52.7 Å². The van der Waals surface area contributed by atoms with E-state index >= 15 is 0 Å². The van der Waals surface area contributed by atoms with Crippen molar-refractivity contribution in [2.75, 3.05) is 0 Å². The normalized spacial score (nSPS) is 15.0. The van der Waals surface area contributed by atoms with Crippen molar-refractivity contribution in [3.05, 3.63) is 192 Å². The Morgan fingerprint density at radius 3 is 1.38 bits per heavy atom. The molecule has 0 saturated heterocycles. The Morgan fingerprint density at radius 2 is 0.875 bits per heavy atom. The Balaban J connectivity index is 0.978. The first-order valence-electron chi connectivity index (χ1n) is 19.8. The van der Waals surface area contributed by atoms with E-state index in [-0.39, 0.29) is 5.41 Å². The van der Waals surface area contributed by atoms with Gasteiger partial charge in [-0.1, -0.05) is 177 Å². The first-order valence-corrected chi connectivity index (χ1v) is 19.8. The summed E-state index contributed by atoms with van der Waals surface area (Å²) in [6.07, 6.45) is 13.1. The van der Waals surface area contributed by atoms with Crippen LogP contribution >= 0.6 is 0 Å². The smallest absolute Gasteiger partial charge is 0.164 e. The van der Waals surface area contributed by atoms with Crippen LogP contribution in [-0.4, -0.2) is 15.0 Å². The number of rotatable bonds is 8. The van der Waals surface area contributed by atoms with Crippen molar-refractivity contribution < 1.29 is 0 Å². The lowest BCUT2D eigenvalue weighted by Gasteiger charge is -2.40. The van der Waals surface area contributed by atoms with Crippen molar-refractivity contribution in [1.82, 2.24) is 15.0 Å². The number of benzene rings is 6. The number of nitrogens with zero attached hydrogens (tertiary/aromatic N) is 4. The van der Waals surface area contributed by atoms with Crippen LogP contribution in [0.4, 0.5) is 0 Å². The number of hydrogen-bond donors (Lipinski definition) is 0. The molecular formula is C52H42N4. The number of nitriles is 1. The second-order valence-corrected chi connectivity index (χ2v) is 15.0. The maximum absolute atomic E-state index is 9.41. The summed E-state index contributed by atoms with van der Waals surface area (Å²) >= 11 is 0. The highest BCUT2D eigenvalue weighted by Gasteiger charge is 2.37. The zero-order valence-electron chi connectivity index (χ0n) is 31.4. The fraction of sp³-hybridized carbons (Fsp3) is 0.154. The van der Waals surface area contributed by atoms with Gasteiger partial charge in [0.15, 0.2) is 17.5 Å². The molecule has 2 aliphatic rings. The van der Waals surface area contributed by atoms with Crippen LogP contribution in [0.5, 0.6) is 0 Å². The summed E-state index contributed by atoms with van der Waals surface area (Å²) in [6, 6.07) is 57.2. The van der Waals surface area contributed by atoms with Gasteiger partial charge in [0.05, 0.1) is 11.6 Å². The van der Waals surface area contributed by atoms with Gasteiger partial charge in [-0.3, -0.25) is 0 Å². The SMILES string of the molecule is N#Cc1ccc(C2(C3=CCCC(c4ccc(-c5ccc(-c6nc(-c7ccccc7)nc(-c7ccc(-c8ccccc8)cc7)n6)cc5)cc4)=C3)CCCCC2)cc1. The first kappa shape index (κ1) is 35.0. The van der Waals surface area contributed by atoms with Crippen molar-refractivity contribution >= 4 is 5.57 Å². The zero-order valence-corrected chi connectivity index (χ0v) is 31.4. The molecule has 6 aromatic carbocycles. The summed E-state index contributed by atoms with van der Waals surface area (Å²) in [6.45, 7) is 0. The van der Waals surface area contributed by atoms with E-state index in [0.717, 1.165) is 59.1 Å². The molecule has 2 aliphatic carbocycles. The van der Waals surface area contributed by atoms with Gasteiger partial charge in [0.1, 0.15) is 0 Å². The van der Waals surface area contributed by atoms with E-state index < -0.39 is 0 Å². The molecule has 9 rings (SSSR count). The molecule has 4 heteroatoms. The average molecular weight is 723 g/mol. The van der Waals surface area contributed by atoms with Gasteiger partial charge in [-0.2, -0.15) is 5.26 Å². The van der Waals surface area contributed by atoms with Crippen molar-refractivity contribution in [1.29, 1.82) is 5.26 Å². The van der Waals surface area contributed by atoms with Gasteiger partial charge in [-0.25, -0.2) is 15.0 Å². The quantitative estimate of drug-likeness (QED) is 0.157. The molecule has 1 saturated carbocycles. The highest BCUT2D eigenvalue weighted by Crippen LogP contribution is 2.48. The molecule has 0 aliphatic heterocycles. The molecule has 1 aromatic heterocycles. The first-order chi connectivity index (χ1) is 27.6. The fourth-order valence-electron chi connectivity index (χ4n) is 8.51. The minimum absolute atomic E-state index is 0.0216. The summed E-state index contributed by atoms with van der Waals surface area (Å²) in [4.78, 5) is 14.9. The number of hydrogen-bond acceptors (Lipinski definition) is 4. The highest BCUT2D eigenvalue weighted by atomic mass is 15.0. The van der Waals surface area contributed by atoms with Gasteiger partial charge < -0.3 is 0 Å². The molecule has 4 nitrogen and oxygen atoms in total. The van der Waals surface area contributed by atoms with Crippen LogP contribution in [0.2, 0.25) is 0 Å². The molecule has 0 radical (unpaired) electrons. The average Bonchev–Trinajstić information content (AvgIpc) is 3.30. The second kappa shape index (κ2) is 15.6. The molecule has 1 heterocycles. The van der Waals surface area contributed by atoms with Gasteiger partial charge in [-0.15, -0.1) is 0 Å². The molecule has 0 bridgehead atoms. The summed E-state index contributed by atoms with van der Waals surface area (Å²) in [7, 11) is 0. The van der Waals surface area contributed by atoms with Crippen LogP contribution in [0.3, 0.4) is 0 Å². The van der Waals surface area contributed by atoms with Crippen molar-refractivity contribution in [2.24, 2.45) is 0 Å². The van der Waals surface area contributed by atoms with Crippen LogP contribution in [-0.2, 0) is 5.41 Å². The summed E-state index contributed by atoms with van der Waals surface area (Å²) < 4.78 is 0. The zero-order chi connectivity index (χ0) is 37.7. The molecule has 0 spiro atoms. The number of allylic oxidation sites excluding steroid dienone is 4. The van der Waals surface area contributed by atoms with E-state index in [0.29, 0.717) is 17.5 Å². The minimum Gasteiger partial charge on any atom is -0.208 e. The number of aromatic nitrogens is 3. The lowest BCUT2D eigenvalue weighted by atomic mass is 9.63. The maximum Gasteiger partial charge on any atom is 0.164 e. The van der Waals surface area contributed by atoms with Crippen LogP contribution < -0.4 is 0 Å². The topological polar surface area (TPSA) is 62.5 Å². The molecule has 270 valence electrons. The van der Waals surface area contributed by atoms with Crippen LogP contribution in [0.1, 0.15) is 61.6 Å². The molecule has 0 amide bonds. The summed E-state index contributed by atoms with van der Waals surface area (Å²) in [5.41, 5.74) is 13.7. The highest BCUT2D eigenvalue weighted by molar-refractivity contribution is 5.76. The van der Waals surface area contributed by atoms with Crippen molar-refractivity contribution in [2.45, 2.75) is 50.4 Å². The molecular weight excluding hydrogens is 681 g/mol. The predicted molar refractivity (Wildman–Crippen MR) is 228 cm³/mol. The molecule has 56 heavy (non-hydrogen) atoms. The predicted octanol–water partition coefficient (Wildman–Crippen LogP) is 13.1. The van der Waals surface area contributed by atoms with E-state index in [1.807, 2.05) is 48.5 Å². The molecule has 0 unspecified atom stereocenters. The van der Waals surface area contributed by atoms with Crippen LogP contribution in [0, 0.1) is 11.3 Å². The molecule has 0 atom stereocenters. The Morgan fingerprint density at radius 1 is 0.446 bits per heavy atom. The third-order valence-electron chi connectivity index (χ3n) is 11.6. The van der Waals surface area contributed by atoms with Gasteiger partial charge in [-0.05, 0) is 82.3 Å². The van der Waals surface area contributed by atoms with Gasteiger partial charge in [0.25, 0.3) is 0 Å². The summed E-state index contributed by atoms with van der Waals surface area (Å²) in [5.74, 6) is 1.95. The third kappa shape index (κ3) is 7.12. The second-order valence-electron chi connectivity index (χ2n) is 15.0. The van der Waals surface area contributed by atoms with E-state index in [9.17, 15) is 5.26 Å². The summed E-state index contributed by atoms with van der Waals surface area (Å²) in [5, 5.41) is 9.41. The van der Waals surface area contributed by atoms with Gasteiger partial charge >= 0.3 is 0 Å². The molecule has 0 N–H and O–H groups in total. The van der Waals surface area contributed by atoms with Gasteiger partial charge in [0, 0.05) is 22.1 Å². The Labute approximate surface area is 329 Å². The lowest BCUT2D eigenvalue weighted by Crippen LogP contribution is -2.31. The molecule has 7 aromatic rings. The minimum atomic E-state index is 0.0216. The Kier molecular flexibility index (Phi) is 9.74. The largest absolute Gasteiger partial charge is 0.208 e. The fourth-order valence-corrected chi connectivity index (χ4v) is 8.51. The van der Waals surface area contributed by atoms with Crippen molar-refractivity contribution in [3.63, 3.8) is 0 Å². The molecule has 1 fully saturated rings. The van der Waals surface area contributed by atoms with Crippen molar-refractivity contribution in [3.8, 4) is 62.5 Å². The van der Waals surface area contributed by atoms with Crippen LogP contribution in [0.25, 0.3) is 62.0 Å². The monoisotopic (exact) mass is 722 g/mol. The Hall–Kier alpha value is -6.70. The van der Waals surface area contributed by atoms with E-state index in [1.54, 1.807) is 0 Å². The standard InChI is InChI=1S/C52H42N4/c53-36-37-17-31-47(32-18-37)52(33-8-3-9-34-52)48-16-10-15-46(35-48)42-21-19-40(20-22-42)41-25-29-45(30-26-41)51-55-49(43-13-6-2-7-14-43)54-50(56-51)44-27-23-39(24-28-44)38-11-4-1-5-12-38/h1-2,4-7,11-14,16-32,35H,3,8-10,15,33-34H2. The van der Waals surface area contributed by atoms with E-state index in [4.69, 9.17) is 15.0 Å². The van der Waals surface area contributed by atoms with E-state index in [2.05, 4.69) is 127 Å². The lowest BCUT2D eigenvalue weighted by molar-refractivity contribution is 0.344.